The molecule has 0 amide bonds. The molecule has 0 atom stereocenters. The van der Waals surface area contributed by atoms with Crippen molar-refractivity contribution in [3.05, 3.63) is 58.3 Å². The lowest BCUT2D eigenvalue weighted by atomic mass is 10.1. The summed E-state index contributed by atoms with van der Waals surface area (Å²) in [4.78, 5) is 27.8. The lowest BCUT2D eigenvalue weighted by Gasteiger charge is -2.27. The highest BCUT2D eigenvalue weighted by molar-refractivity contribution is 9.10. The number of halogens is 1. The van der Waals surface area contributed by atoms with Crippen LogP contribution in [0.2, 0.25) is 0 Å². The van der Waals surface area contributed by atoms with E-state index in [9.17, 15) is 4.79 Å². The van der Waals surface area contributed by atoms with E-state index < -0.39 is 0 Å². The normalized spacial score (nSPS) is 15.6. The van der Waals surface area contributed by atoms with E-state index in [2.05, 4.69) is 25.9 Å². The number of rotatable bonds is 3. The zero-order valence-electron chi connectivity index (χ0n) is 12.2. The lowest BCUT2D eigenvalue weighted by Crippen LogP contribution is -2.38. The third-order valence-electron chi connectivity index (χ3n) is 3.90. The Kier molecular flexibility index (Phi) is 3.53. The maximum atomic E-state index is 12.5. The number of pyridine rings is 1. The van der Waals surface area contributed by atoms with Crippen LogP contribution in [0.25, 0.3) is 0 Å². The third kappa shape index (κ3) is 2.59. The average molecular weight is 369 g/mol. The molecular formula is C17H13BrN4O. The fourth-order valence-corrected chi connectivity index (χ4v) is 3.18. The Balaban J connectivity index is 1.70. The van der Waals surface area contributed by atoms with Crippen molar-refractivity contribution in [2.24, 2.45) is 9.98 Å². The quantitative estimate of drug-likeness (QED) is 0.781. The molecule has 114 valence electrons. The Labute approximate surface area is 141 Å². The van der Waals surface area contributed by atoms with E-state index >= 15 is 0 Å². The highest BCUT2D eigenvalue weighted by Gasteiger charge is 2.30. The molecule has 2 aliphatic rings. The summed E-state index contributed by atoms with van der Waals surface area (Å²) in [5.74, 6) is 1.68. The summed E-state index contributed by atoms with van der Waals surface area (Å²) in [5.41, 5.74) is 2.48. The molecule has 5 nitrogen and oxygen atoms in total. The first-order chi connectivity index (χ1) is 11.2. The molecule has 2 aliphatic heterocycles. The molecule has 0 saturated heterocycles. The molecule has 6 heteroatoms. The number of hydrogen-bond acceptors (Lipinski definition) is 5. The van der Waals surface area contributed by atoms with Crippen molar-refractivity contribution < 1.29 is 4.79 Å². The van der Waals surface area contributed by atoms with Gasteiger partial charge in [-0.1, -0.05) is 15.9 Å². The first-order valence-corrected chi connectivity index (χ1v) is 8.14. The number of aliphatic imine (C=N–C) groups is 2. The molecule has 0 bridgehead atoms. The van der Waals surface area contributed by atoms with Gasteiger partial charge < -0.3 is 4.90 Å². The molecule has 3 heterocycles. The second-order valence-corrected chi connectivity index (χ2v) is 6.30. The summed E-state index contributed by atoms with van der Waals surface area (Å²) in [5, 5.41) is 0. The van der Waals surface area contributed by atoms with Gasteiger partial charge in [0.15, 0.2) is 5.78 Å². The van der Waals surface area contributed by atoms with Gasteiger partial charge in [-0.3, -0.25) is 14.8 Å². The van der Waals surface area contributed by atoms with Crippen LogP contribution in [-0.2, 0) is 0 Å². The third-order valence-corrected chi connectivity index (χ3v) is 4.40. The topological polar surface area (TPSA) is 57.9 Å². The molecule has 1 aromatic carbocycles. The number of carbonyl (C=O) groups is 1. The number of Topliss-reactive ketones (excluding diaryl/α,β-unsaturated/α-hetero) is 1. The zero-order chi connectivity index (χ0) is 15.8. The number of hydrogen-bond donors (Lipinski definition) is 0. The molecule has 0 saturated carbocycles. The molecular weight excluding hydrogens is 356 g/mol. The fraction of sp³-hybridized carbons (Fsp3) is 0.176. The molecule has 2 aromatic rings. The number of nitrogens with zero attached hydrogens (tertiary/aromatic N) is 4. The molecule has 0 spiro atoms. The van der Waals surface area contributed by atoms with Crippen LogP contribution in [0.4, 0.5) is 5.69 Å². The predicted octanol–water partition coefficient (Wildman–Crippen LogP) is 3.22. The van der Waals surface area contributed by atoms with Crippen LogP contribution in [0.15, 0.2) is 57.2 Å². The Hall–Kier alpha value is -2.34. The monoisotopic (exact) mass is 368 g/mol. The summed E-state index contributed by atoms with van der Waals surface area (Å²) in [6, 6.07) is 9.48. The van der Waals surface area contributed by atoms with E-state index in [4.69, 9.17) is 4.99 Å². The standard InChI is InChI=1S/C17H13BrN4O/c18-12-3-4-14-13(8-12)17-20-6-7-22(17)16(21-14)9-15(23)11-2-1-5-19-10-11/h1-5,8,10H,6-7,9H2. The molecule has 0 unspecified atom stereocenters. The molecule has 0 radical (unpaired) electrons. The van der Waals surface area contributed by atoms with Gasteiger partial charge >= 0.3 is 0 Å². The van der Waals surface area contributed by atoms with E-state index in [0.29, 0.717) is 5.56 Å². The van der Waals surface area contributed by atoms with Gasteiger partial charge in [-0.25, -0.2) is 4.99 Å². The van der Waals surface area contributed by atoms with Crippen LogP contribution in [0.1, 0.15) is 22.3 Å². The molecule has 4 rings (SSSR count). The van der Waals surface area contributed by atoms with Crippen molar-refractivity contribution in [3.8, 4) is 0 Å². The van der Waals surface area contributed by atoms with Gasteiger partial charge in [0.1, 0.15) is 11.7 Å². The second-order valence-electron chi connectivity index (χ2n) is 5.39. The molecule has 23 heavy (non-hydrogen) atoms. The Morgan fingerprint density at radius 3 is 3.04 bits per heavy atom. The number of carbonyl (C=O) groups excluding carboxylic acids is 1. The van der Waals surface area contributed by atoms with Crippen LogP contribution in [0.3, 0.4) is 0 Å². The van der Waals surface area contributed by atoms with Crippen LogP contribution in [0.5, 0.6) is 0 Å². The summed E-state index contributed by atoms with van der Waals surface area (Å²) in [6.07, 6.45) is 3.50. The minimum absolute atomic E-state index is 0.0173. The van der Waals surface area contributed by atoms with Gasteiger partial charge in [0.2, 0.25) is 0 Å². The Bertz CT molecular complexity index is 845. The summed E-state index contributed by atoms with van der Waals surface area (Å²) in [6.45, 7) is 1.49. The highest BCUT2D eigenvalue weighted by atomic mass is 79.9. The van der Waals surface area contributed by atoms with E-state index in [0.717, 1.165) is 40.5 Å². The summed E-state index contributed by atoms with van der Waals surface area (Å²) < 4.78 is 0.996. The van der Waals surface area contributed by atoms with E-state index in [1.54, 1.807) is 24.5 Å². The van der Waals surface area contributed by atoms with Crippen molar-refractivity contribution in [1.82, 2.24) is 9.88 Å². The van der Waals surface area contributed by atoms with Crippen molar-refractivity contribution >= 4 is 39.1 Å². The zero-order valence-corrected chi connectivity index (χ0v) is 13.8. The Morgan fingerprint density at radius 2 is 2.22 bits per heavy atom. The number of amidine groups is 2. The Morgan fingerprint density at radius 1 is 1.30 bits per heavy atom. The van der Waals surface area contributed by atoms with Crippen molar-refractivity contribution in [3.63, 3.8) is 0 Å². The van der Waals surface area contributed by atoms with Crippen LogP contribution in [0, 0.1) is 0 Å². The number of fused-ring (bicyclic) bond motifs is 3. The molecule has 1 aromatic heterocycles. The van der Waals surface area contributed by atoms with Crippen molar-refractivity contribution in [1.29, 1.82) is 0 Å². The van der Waals surface area contributed by atoms with Gasteiger partial charge in [0.05, 0.1) is 18.7 Å². The summed E-state index contributed by atoms with van der Waals surface area (Å²) in [7, 11) is 0. The maximum absolute atomic E-state index is 12.5. The van der Waals surface area contributed by atoms with E-state index in [1.165, 1.54) is 0 Å². The predicted molar refractivity (Wildman–Crippen MR) is 92.5 cm³/mol. The average Bonchev–Trinajstić information content (AvgIpc) is 3.06. The second kappa shape index (κ2) is 5.70. The SMILES string of the molecule is O=C(CC1=Nc2ccc(Br)cc2C2=NCCN12)c1cccnc1. The molecule has 0 N–H and O–H groups in total. The van der Waals surface area contributed by atoms with Gasteiger partial charge in [-0.15, -0.1) is 0 Å². The highest BCUT2D eigenvalue weighted by Crippen LogP contribution is 2.31. The van der Waals surface area contributed by atoms with Crippen LogP contribution < -0.4 is 0 Å². The van der Waals surface area contributed by atoms with Crippen molar-refractivity contribution in [2.45, 2.75) is 6.42 Å². The lowest BCUT2D eigenvalue weighted by molar-refractivity contribution is 0.0998. The van der Waals surface area contributed by atoms with Gasteiger partial charge in [-0.2, -0.15) is 0 Å². The fourth-order valence-electron chi connectivity index (χ4n) is 2.82. The number of ketones is 1. The largest absolute Gasteiger partial charge is 0.312 e. The first kappa shape index (κ1) is 14.3. The molecule has 0 aliphatic carbocycles. The summed E-state index contributed by atoms with van der Waals surface area (Å²) >= 11 is 3.49. The minimum Gasteiger partial charge on any atom is -0.312 e. The van der Waals surface area contributed by atoms with Crippen molar-refractivity contribution in [2.75, 3.05) is 13.1 Å². The number of benzene rings is 1. The maximum Gasteiger partial charge on any atom is 0.171 e. The van der Waals surface area contributed by atoms with Gasteiger partial charge in [-0.05, 0) is 30.3 Å². The minimum atomic E-state index is 0.0173. The van der Waals surface area contributed by atoms with Gasteiger partial charge in [0, 0.05) is 34.5 Å². The smallest absolute Gasteiger partial charge is 0.171 e. The van der Waals surface area contributed by atoms with Crippen LogP contribution in [-0.4, -0.2) is 40.4 Å². The van der Waals surface area contributed by atoms with Gasteiger partial charge in [0.25, 0.3) is 0 Å². The van der Waals surface area contributed by atoms with Crippen LogP contribution >= 0.6 is 15.9 Å². The van der Waals surface area contributed by atoms with E-state index in [-0.39, 0.29) is 12.2 Å². The first-order valence-electron chi connectivity index (χ1n) is 7.35. The number of aromatic nitrogens is 1. The molecule has 0 fully saturated rings. The van der Waals surface area contributed by atoms with E-state index in [1.807, 2.05) is 23.1 Å².